The number of nitrogens with zero attached hydrogens (tertiary/aromatic N) is 2. The molecule has 1 amide bonds. The Balaban J connectivity index is 1.71. The highest BCUT2D eigenvalue weighted by Gasteiger charge is 2.46. The lowest BCUT2D eigenvalue weighted by molar-refractivity contribution is -0.140. The van der Waals surface area contributed by atoms with Gasteiger partial charge in [0.1, 0.15) is 11.5 Å². The Bertz CT molecular complexity index is 1250. The van der Waals surface area contributed by atoms with Crippen LogP contribution in [0.4, 0.5) is 0 Å². The Morgan fingerprint density at radius 3 is 2.50 bits per heavy atom. The minimum absolute atomic E-state index is 0.0171. The van der Waals surface area contributed by atoms with Crippen molar-refractivity contribution < 1.29 is 34.0 Å². The molecule has 2 N–H and O–H groups in total. The van der Waals surface area contributed by atoms with Gasteiger partial charge in [-0.25, -0.2) is 0 Å². The molecule has 2 heterocycles. The molecule has 0 aliphatic carbocycles. The minimum Gasteiger partial charge on any atom is -0.507 e. The number of amides is 1. The molecule has 2 fully saturated rings. The first-order valence-electron chi connectivity index (χ1n) is 14.0. The van der Waals surface area contributed by atoms with Crippen LogP contribution >= 0.6 is 0 Å². The first-order chi connectivity index (χ1) is 19.2. The molecule has 2 aromatic rings. The number of aromatic hydroxyl groups is 1. The summed E-state index contributed by atoms with van der Waals surface area (Å²) < 4.78 is 16.8. The molecule has 0 radical (unpaired) electrons. The maximum atomic E-state index is 13.5. The van der Waals surface area contributed by atoms with Crippen LogP contribution in [0.5, 0.6) is 17.2 Å². The summed E-state index contributed by atoms with van der Waals surface area (Å²) in [6.07, 6.45) is 0.654. The molecule has 9 heteroatoms. The number of aliphatic hydroxyl groups is 1. The summed E-state index contributed by atoms with van der Waals surface area (Å²) in [7, 11) is 0. The molecule has 216 valence electrons. The molecule has 0 aromatic heterocycles. The Labute approximate surface area is 235 Å². The number of phenols is 1. The average molecular weight is 553 g/mol. The average Bonchev–Trinajstić information content (AvgIpc) is 3.18. The topological polar surface area (TPSA) is 109 Å². The fraction of sp³-hybridized carbons (Fsp3) is 0.484. The molecule has 1 atom stereocenters. The maximum Gasteiger partial charge on any atom is 0.295 e. The van der Waals surface area contributed by atoms with Gasteiger partial charge < -0.3 is 29.3 Å². The van der Waals surface area contributed by atoms with Crippen LogP contribution in [0.1, 0.15) is 49.9 Å². The number of ether oxygens (including phenoxy) is 3. The van der Waals surface area contributed by atoms with Crippen LogP contribution in [0.25, 0.3) is 5.76 Å². The summed E-state index contributed by atoms with van der Waals surface area (Å²) in [5.74, 6) is -0.391. The Hall–Kier alpha value is -3.56. The predicted molar refractivity (Wildman–Crippen MR) is 152 cm³/mol. The number of phenolic OH excluding ortho intramolecular Hbond substituents is 1. The lowest BCUT2D eigenvalue weighted by atomic mass is 9.93. The van der Waals surface area contributed by atoms with E-state index in [1.807, 2.05) is 13.0 Å². The standard InChI is InChI=1S/C31H40N2O7/c1-5-39-26-18-22(7-10-25(26)34)28-27(29(35)24-9-8-23(17-21(24)4)40-19-20(2)3)30(36)31(37)33(28)12-6-11-32-13-15-38-16-14-32/h7-10,17-18,20,28,34-35H,5-6,11-16,19H2,1-4H3. The quantitative estimate of drug-likeness (QED) is 0.242. The van der Waals surface area contributed by atoms with Gasteiger partial charge in [0.15, 0.2) is 11.5 Å². The molecule has 2 aromatic carbocycles. The summed E-state index contributed by atoms with van der Waals surface area (Å²) >= 11 is 0. The molecule has 4 rings (SSSR count). The largest absolute Gasteiger partial charge is 0.507 e. The van der Waals surface area contributed by atoms with Gasteiger partial charge in [-0.05, 0) is 67.6 Å². The minimum atomic E-state index is -0.833. The number of Topliss-reactive ketones (excluding diaryl/α,β-unsaturated/α-hetero) is 1. The Morgan fingerprint density at radius 1 is 1.07 bits per heavy atom. The predicted octanol–water partition coefficient (Wildman–Crippen LogP) is 4.28. The van der Waals surface area contributed by atoms with Crippen LogP contribution in [-0.2, 0) is 14.3 Å². The van der Waals surface area contributed by atoms with Crippen LogP contribution in [0.2, 0.25) is 0 Å². The fourth-order valence-corrected chi connectivity index (χ4v) is 5.12. The summed E-state index contributed by atoms with van der Waals surface area (Å²) in [4.78, 5) is 30.6. The lowest BCUT2D eigenvalue weighted by Gasteiger charge is -2.29. The zero-order chi connectivity index (χ0) is 28.8. The van der Waals surface area contributed by atoms with Crippen molar-refractivity contribution in [1.29, 1.82) is 0 Å². The van der Waals surface area contributed by atoms with Crippen molar-refractivity contribution in [3.63, 3.8) is 0 Å². The SMILES string of the molecule is CCOc1cc(C2C(=C(O)c3ccc(OCC(C)C)cc3C)C(=O)C(=O)N2CCCN2CCOCC2)ccc1O. The third kappa shape index (κ3) is 6.59. The third-order valence-corrected chi connectivity index (χ3v) is 7.15. The van der Waals surface area contributed by atoms with E-state index in [9.17, 15) is 19.8 Å². The van der Waals surface area contributed by atoms with E-state index in [2.05, 4.69) is 18.7 Å². The van der Waals surface area contributed by atoms with Gasteiger partial charge in [0, 0.05) is 31.7 Å². The summed E-state index contributed by atoms with van der Waals surface area (Å²) in [5.41, 5.74) is 1.76. The molecule has 9 nitrogen and oxygen atoms in total. The second-order valence-electron chi connectivity index (χ2n) is 10.6. The fourth-order valence-electron chi connectivity index (χ4n) is 5.12. The van der Waals surface area contributed by atoms with E-state index in [-0.39, 0.29) is 22.8 Å². The number of aliphatic hydroxyl groups excluding tert-OH is 1. The number of carbonyl (C=O) groups is 2. The van der Waals surface area contributed by atoms with Crippen molar-refractivity contribution in [3.05, 3.63) is 58.7 Å². The highest BCUT2D eigenvalue weighted by Crippen LogP contribution is 2.42. The number of carbonyl (C=O) groups excluding carboxylic acids is 2. The molecular formula is C31H40N2O7. The van der Waals surface area contributed by atoms with Gasteiger partial charge in [-0.3, -0.25) is 14.5 Å². The van der Waals surface area contributed by atoms with Gasteiger partial charge in [0.2, 0.25) is 0 Å². The number of aryl methyl sites for hydroxylation is 1. The number of hydrogen-bond donors (Lipinski definition) is 2. The van der Waals surface area contributed by atoms with Crippen molar-refractivity contribution in [2.45, 2.75) is 40.2 Å². The number of morpholine rings is 1. The van der Waals surface area contributed by atoms with E-state index in [0.717, 1.165) is 25.2 Å². The zero-order valence-electron chi connectivity index (χ0n) is 23.8. The van der Waals surface area contributed by atoms with E-state index in [4.69, 9.17) is 14.2 Å². The third-order valence-electron chi connectivity index (χ3n) is 7.15. The van der Waals surface area contributed by atoms with Crippen molar-refractivity contribution in [3.8, 4) is 17.2 Å². The van der Waals surface area contributed by atoms with Crippen molar-refractivity contribution in [1.82, 2.24) is 9.80 Å². The van der Waals surface area contributed by atoms with Gasteiger partial charge in [-0.1, -0.05) is 19.9 Å². The number of likely N-dealkylation sites (tertiary alicyclic amines) is 1. The molecule has 1 unspecified atom stereocenters. The van der Waals surface area contributed by atoms with E-state index in [0.29, 0.717) is 62.2 Å². The Kier molecular flexibility index (Phi) is 9.71. The van der Waals surface area contributed by atoms with E-state index in [1.54, 1.807) is 31.2 Å². The molecule has 40 heavy (non-hydrogen) atoms. The summed E-state index contributed by atoms with van der Waals surface area (Å²) in [6, 6.07) is 9.23. The van der Waals surface area contributed by atoms with Crippen LogP contribution in [-0.4, -0.2) is 84.3 Å². The van der Waals surface area contributed by atoms with Gasteiger partial charge in [-0.2, -0.15) is 0 Å². The van der Waals surface area contributed by atoms with E-state index < -0.39 is 17.7 Å². The van der Waals surface area contributed by atoms with Crippen molar-refractivity contribution in [2.24, 2.45) is 5.92 Å². The Morgan fingerprint density at radius 2 is 1.82 bits per heavy atom. The molecule has 0 saturated carbocycles. The molecule has 0 spiro atoms. The van der Waals surface area contributed by atoms with Crippen LogP contribution in [0.15, 0.2) is 42.0 Å². The van der Waals surface area contributed by atoms with Crippen LogP contribution in [0.3, 0.4) is 0 Å². The number of rotatable bonds is 11. The second kappa shape index (κ2) is 13.2. The molecular weight excluding hydrogens is 512 g/mol. The monoisotopic (exact) mass is 552 g/mol. The molecule has 0 bridgehead atoms. The highest BCUT2D eigenvalue weighted by molar-refractivity contribution is 6.46. The number of benzene rings is 2. The van der Waals surface area contributed by atoms with Gasteiger partial charge >= 0.3 is 0 Å². The van der Waals surface area contributed by atoms with Gasteiger partial charge in [-0.15, -0.1) is 0 Å². The molecule has 2 saturated heterocycles. The molecule has 2 aliphatic rings. The zero-order valence-corrected chi connectivity index (χ0v) is 23.8. The van der Waals surface area contributed by atoms with E-state index >= 15 is 0 Å². The molecule has 2 aliphatic heterocycles. The first kappa shape index (κ1) is 29.4. The maximum absolute atomic E-state index is 13.5. The van der Waals surface area contributed by atoms with Crippen LogP contribution < -0.4 is 9.47 Å². The summed E-state index contributed by atoms with van der Waals surface area (Å²) in [6.45, 7) is 12.8. The lowest BCUT2D eigenvalue weighted by Crippen LogP contribution is -2.38. The van der Waals surface area contributed by atoms with Crippen molar-refractivity contribution >= 4 is 17.4 Å². The summed E-state index contributed by atoms with van der Waals surface area (Å²) in [5, 5.41) is 21.8. The normalized spacial score (nSPS) is 19.4. The first-order valence-corrected chi connectivity index (χ1v) is 14.0. The number of hydrogen-bond acceptors (Lipinski definition) is 8. The van der Waals surface area contributed by atoms with Crippen molar-refractivity contribution in [2.75, 3.05) is 52.6 Å². The smallest absolute Gasteiger partial charge is 0.295 e. The second-order valence-corrected chi connectivity index (χ2v) is 10.6. The number of ketones is 1. The highest BCUT2D eigenvalue weighted by atomic mass is 16.5. The van der Waals surface area contributed by atoms with Gasteiger partial charge in [0.25, 0.3) is 11.7 Å². The van der Waals surface area contributed by atoms with E-state index in [1.165, 1.54) is 11.0 Å². The van der Waals surface area contributed by atoms with Crippen LogP contribution in [0, 0.1) is 12.8 Å². The van der Waals surface area contributed by atoms with Gasteiger partial charge in [0.05, 0.1) is 38.0 Å².